The Balaban J connectivity index is 2.20. The molecule has 0 aromatic carbocycles. The van der Waals surface area contributed by atoms with Gasteiger partial charge in [0.05, 0.1) is 13.2 Å². The number of aromatic carboxylic acids is 1. The summed E-state index contributed by atoms with van der Waals surface area (Å²) in [4.78, 5) is 21.4. The van der Waals surface area contributed by atoms with Gasteiger partial charge >= 0.3 is 5.97 Å². The molecule has 0 unspecified atom stereocenters. The van der Waals surface area contributed by atoms with Gasteiger partial charge in [-0.15, -0.1) is 0 Å². The zero-order valence-electron chi connectivity index (χ0n) is 10.7. The van der Waals surface area contributed by atoms with Crippen molar-refractivity contribution >= 4 is 34.5 Å². The fourth-order valence-corrected chi connectivity index (χ4v) is 2.40. The Morgan fingerprint density at radius 1 is 1.35 bits per heavy atom. The van der Waals surface area contributed by atoms with Gasteiger partial charge in [0.15, 0.2) is 11.4 Å². The van der Waals surface area contributed by atoms with Crippen LogP contribution in [0.25, 0.3) is 11.1 Å². The number of furan rings is 1. The van der Waals surface area contributed by atoms with E-state index in [1.165, 1.54) is 0 Å². The van der Waals surface area contributed by atoms with Crippen LogP contribution < -0.4 is 4.90 Å². The molecule has 0 amide bonds. The summed E-state index contributed by atoms with van der Waals surface area (Å²) in [5.41, 5.74) is 1.24. The predicted octanol–water partition coefficient (Wildman–Crippen LogP) is 1.72. The lowest BCUT2D eigenvalue weighted by Crippen LogP contribution is -2.36. The number of morpholine rings is 1. The molecule has 3 heterocycles. The first-order valence-electron chi connectivity index (χ1n) is 6.10. The van der Waals surface area contributed by atoms with E-state index in [0.717, 1.165) is 0 Å². The van der Waals surface area contributed by atoms with Crippen LogP contribution in [0.4, 0.5) is 5.82 Å². The molecule has 7 nitrogen and oxygen atoms in total. The van der Waals surface area contributed by atoms with Crippen molar-refractivity contribution in [2.45, 2.75) is 6.92 Å². The largest absolute Gasteiger partial charge is 0.475 e. The van der Waals surface area contributed by atoms with Crippen LogP contribution in [0, 0.1) is 6.92 Å². The Bertz CT molecular complexity index is 679. The average Bonchev–Trinajstić information content (AvgIpc) is 2.77. The number of aromatic nitrogens is 2. The van der Waals surface area contributed by atoms with Crippen molar-refractivity contribution < 1.29 is 19.1 Å². The van der Waals surface area contributed by atoms with E-state index in [-0.39, 0.29) is 11.0 Å². The summed E-state index contributed by atoms with van der Waals surface area (Å²) in [6.45, 7) is 4.08. The molecule has 1 saturated heterocycles. The topological polar surface area (TPSA) is 88.7 Å². The standard InChI is InChI=1S/C12H12ClN3O4/c1-6-7-9(20-8(6)11(17)18)10(15-12(13)14-7)16-2-4-19-5-3-16/h2-5H2,1H3,(H,17,18). The van der Waals surface area contributed by atoms with Crippen LogP contribution in [0.15, 0.2) is 4.42 Å². The minimum atomic E-state index is -1.13. The average molecular weight is 298 g/mol. The van der Waals surface area contributed by atoms with Crippen LogP contribution in [0.3, 0.4) is 0 Å². The number of hydrogen-bond donors (Lipinski definition) is 1. The van der Waals surface area contributed by atoms with Gasteiger partial charge in [0, 0.05) is 18.7 Å². The number of hydrogen-bond acceptors (Lipinski definition) is 6. The number of carboxylic acids is 1. The van der Waals surface area contributed by atoms with E-state index in [0.29, 0.717) is 48.8 Å². The number of nitrogens with zero attached hydrogens (tertiary/aromatic N) is 3. The number of rotatable bonds is 2. The SMILES string of the molecule is Cc1c(C(=O)O)oc2c(N3CCOCC3)nc(Cl)nc12. The predicted molar refractivity (Wildman–Crippen MR) is 71.5 cm³/mol. The van der Waals surface area contributed by atoms with Crippen molar-refractivity contribution in [2.75, 3.05) is 31.2 Å². The second kappa shape index (κ2) is 4.92. The molecule has 106 valence electrons. The molecular weight excluding hydrogens is 286 g/mol. The van der Waals surface area contributed by atoms with E-state index in [9.17, 15) is 4.79 Å². The first-order chi connectivity index (χ1) is 9.58. The second-order valence-corrected chi connectivity index (χ2v) is 4.79. The van der Waals surface area contributed by atoms with E-state index < -0.39 is 5.97 Å². The van der Waals surface area contributed by atoms with Gasteiger partial charge in [0.1, 0.15) is 5.52 Å². The van der Waals surface area contributed by atoms with Crippen molar-refractivity contribution in [2.24, 2.45) is 0 Å². The van der Waals surface area contributed by atoms with E-state index in [1.807, 2.05) is 4.90 Å². The van der Waals surface area contributed by atoms with Gasteiger partial charge in [-0.1, -0.05) is 0 Å². The molecule has 0 saturated carbocycles. The molecule has 2 aromatic rings. The number of ether oxygens (including phenoxy) is 1. The van der Waals surface area contributed by atoms with E-state index in [1.54, 1.807) is 6.92 Å². The highest BCUT2D eigenvalue weighted by molar-refractivity contribution is 6.28. The number of halogens is 1. The molecule has 1 fully saturated rings. The molecular formula is C12H12ClN3O4. The van der Waals surface area contributed by atoms with Gasteiger partial charge in [0.2, 0.25) is 11.0 Å². The third-order valence-electron chi connectivity index (χ3n) is 3.23. The Morgan fingerprint density at radius 3 is 2.70 bits per heavy atom. The van der Waals surface area contributed by atoms with Crippen LogP contribution >= 0.6 is 11.6 Å². The number of anilines is 1. The zero-order chi connectivity index (χ0) is 14.3. The third kappa shape index (κ3) is 2.08. The second-order valence-electron chi connectivity index (χ2n) is 4.45. The normalized spacial score (nSPS) is 15.8. The summed E-state index contributed by atoms with van der Waals surface area (Å²) in [6, 6.07) is 0. The lowest BCUT2D eigenvalue weighted by Gasteiger charge is -2.27. The van der Waals surface area contributed by atoms with Crippen molar-refractivity contribution in [1.29, 1.82) is 0 Å². The summed E-state index contributed by atoms with van der Waals surface area (Å²) in [5.74, 6) is -0.755. The van der Waals surface area contributed by atoms with Crippen molar-refractivity contribution in [1.82, 2.24) is 9.97 Å². The van der Waals surface area contributed by atoms with Crippen molar-refractivity contribution in [3.8, 4) is 0 Å². The highest BCUT2D eigenvalue weighted by Crippen LogP contribution is 2.32. The zero-order valence-corrected chi connectivity index (χ0v) is 11.5. The van der Waals surface area contributed by atoms with Crippen molar-refractivity contribution in [3.05, 3.63) is 16.6 Å². The van der Waals surface area contributed by atoms with Gasteiger partial charge < -0.3 is 19.2 Å². The lowest BCUT2D eigenvalue weighted by atomic mass is 10.2. The van der Waals surface area contributed by atoms with Gasteiger partial charge in [-0.05, 0) is 18.5 Å². The summed E-state index contributed by atoms with van der Waals surface area (Å²) in [6.07, 6.45) is 0. The molecule has 1 aliphatic heterocycles. The smallest absolute Gasteiger partial charge is 0.372 e. The van der Waals surface area contributed by atoms with E-state index in [4.69, 9.17) is 25.9 Å². The highest BCUT2D eigenvalue weighted by atomic mass is 35.5. The molecule has 1 N–H and O–H groups in total. The minimum Gasteiger partial charge on any atom is -0.475 e. The molecule has 20 heavy (non-hydrogen) atoms. The van der Waals surface area contributed by atoms with Gasteiger partial charge in [-0.25, -0.2) is 9.78 Å². The molecule has 0 spiro atoms. The summed E-state index contributed by atoms with van der Waals surface area (Å²) < 4.78 is 10.7. The van der Waals surface area contributed by atoms with E-state index in [2.05, 4.69) is 9.97 Å². The fraction of sp³-hybridized carbons (Fsp3) is 0.417. The van der Waals surface area contributed by atoms with Crippen molar-refractivity contribution in [3.63, 3.8) is 0 Å². The number of carboxylic acid groups (broad SMARTS) is 1. The van der Waals surface area contributed by atoms with Gasteiger partial charge in [0.25, 0.3) is 0 Å². The Hall–Kier alpha value is -1.86. The first-order valence-corrected chi connectivity index (χ1v) is 6.48. The van der Waals surface area contributed by atoms with E-state index >= 15 is 0 Å². The lowest BCUT2D eigenvalue weighted by molar-refractivity contribution is 0.0664. The third-order valence-corrected chi connectivity index (χ3v) is 3.39. The summed E-state index contributed by atoms with van der Waals surface area (Å²) in [5, 5.41) is 9.20. The maximum Gasteiger partial charge on any atom is 0.372 e. The quantitative estimate of drug-likeness (QED) is 0.844. The molecule has 1 aliphatic rings. The van der Waals surface area contributed by atoms with Crippen LogP contribution in [-0.2, 0) is 4.74 Å². The molecule has 8 heteroatoms. The Labute approximate surface area is 119 Å². The summed E-state index contributed by atoms with van der Waals surface area (Å²) in [7, 11) is 0. The maximum absolute atomic E-state index is 11.2. The Kier molecular flexibility index (Phi) is 3.23. The van der Waals surface area contributed by atoms with Crippen LogP contribution in [0.1, 0.15) is 16.1 Å². The summed E-state index contributed by atoms with van der Waals surface area (Å²) >= 11 is 5.93. The van der Waals surface area contributed by atoms with Crippen LogP contribution in [0.5, 0.6) is 0 Å². The number of aryl methyl sites for hydroxylation is 1. The molecule has 3 rings (SSSR count). The minimum absolute atomic E-state index is 0.0693. The molecule has 0 aliphatic carbocycles. The molecule has 2 aromatic heterocycles. The fourth-order valence-electron chi connectivity index (χ4n) is 2.24. The molecule has 0 atom stereocenters. The molecule has 0 bridgehead atoms. The van der Waals surface area contributed by atoms with Crippen LogP contribution in [-0.4, -0.2) is 47.3 Å². The molecule has 0 radical (unpaired) electrons. The monoisotopic (exact) mass is 297 g/mol. The highest BCUT2D eigenvalue weighted by Gasteiger charge is 2.25. The number of fused-ring (bicyclic) bond motifs is 1. The Morgan fingerprint density at radius 2 is 2.05 bits per heavy atom. The van der Waals surface area contributed by atoms with Gasteiger partial charge in [-0.2, -0.15) is 4.98 Å². The maximum atomic E-state index is 11.2. The van der Waals surface area contributed by atoms with Gasteiger partial charge in [-0.3, -0.25) is 0 Å². The van der Waals surface area contributed by atoms with Crippen LogP contribution in [0.2, 0.25) is 5.28 Å². The number of carbonyl (C=O) groups is 1. The first kappa shape index (κ1) is 13.1.